The zero-order valence-corrected chi connectivity index (χ0v) is 20.8. The molecule has 0 aromatic heterocycles. The Morgan fingerprint density at radius 1 is 1.03 bits per heavy atom. The van der Waals surface area contributed by atoms with E-state index in [0.29, 0.717) is 61.2 Å². The van der Waals surface area contributed by atoms with Gasteiger partial charge >= 0.3 is 0 Å². The van der Waals surface area contributed by atoms with Gasteiger partial charge in [-0.3, -0.25) is 14.4 Å². The summed E-state index contributed by atoms with van der Waals surface area (Å²) < 4.78 is 16.3. The quantitative estimate of drug-likeness (QED) is 0.182. The Balaban J connectivity index is 1.36. The Morgan fingerprint density at radius 2 is 1.83 bits per heavy atom. The van der Waals surface area contributed by atoms with Crippen molar-refractivity contribution < 1.29 is 28.6 Å². The van der Waals surface area contributed by atoms with Crippen LogP contribution in [0.5, 0.6) is 17.2 Å². The molecule has 4 rings (SSSR count). The molecule has 1 aliphatic heterocycles. The first-order chi connectivity index (χ1) is 17.6. The molecular weight excluding hydrogens is 482 g/mol. The van der Waals surface area contributed by atoms with Crippen molar-refractivity contribution in [2.45, 2.75) is 31.6 Å². The second-order valence-corrected chi connectivity index (χ2v) is 8.92. The van der Waals surface area contributed by atoms with Gasteiger partial charge in [0.25, 0.3) is 6.47 Å². The summed E-state index contributed by atoms with van der Waals surface area (Å²) in [6.45, 7) is 1.39. The fourth-order valence-corrected chi connectivity index (χ4v) is 4.93. The number of hydrogen-bond donors (Lipinski definition) is 0. The third kappa shape index (κ3) is 5.31. The molecule has 8 heteroatoms. The number of halogens is 1. The van der Waals surface area contributed by atoms with Crippen LogP contribution in [0, 0.1) is 0 Å². The number of methoxy groups -OCH3 is 1. The number of aldehydes is 1. The molecule has 0 saturated carbocycles. The molecule has 7 nitrogen and oxygen atoms in total. The van der Waals surface area contributed by atoms with Crippen molar-refractivity contribution >= 4 is 46.7 Å². The molecule has 0 bridgehead atoms. The summed E-state index contributed by atoms with van der Waals surface area (Å²) in [4.78, 5) is 36.9. The maximum Gasteiger partial charge on any atom is 0.298 e. The molecule has 0 saturated heterocycles. The number of carbonyl (C=O) groups excluding carboxylic acids is 3. The van der Waals surface area contributed by atoms with Crippen molar-refractivity contribution in [2.75, 3.05) is 31.0 Å². The van der Waals surface area contributed by atoms with E-state index in [9.17, 15) is 14.4 Å². The second-order valence-electron chi connectivity index (χ2n) is 8.61. The molecule has 0 radical (unpaired) electrons. The van der Waals surface area contributed by atoms with Gasteiger partial charge in [-0.25, -0.2) is 0 Å². The summed E-state index contributed by atoms with van der Waals surface area (Å²) in [5.74, 6) is 1.95. The topological polar surface area (TPSA) is 82.1 Å². The van der Waals surface area contributed by atoms with E-state index < -0.39 is 0 Å². The molecule has 0 fully saturated rings. The van der Waals surface area contributed by atoms with E-state index >= 15 is 0 Å². The first-order valence-corrected chi connectivity index (χ1v) is 12.4. The lowest BCUT2D eigenvalue weighted by molar-refractivity contribution is -0.120. The minimum atomic E-state index is 0.00906. The van der Waals surface area contributed by atoms with E-state index in [1.807, 2.05) is 24.3 Å². The van der Waals surface area contributed by atoms with Gasteiger partial charge in [0.1, 0.15) is 12.0 Å². The van der Waals surface area contributed by atoms with Gasteiger partial charge < -0.3 is 19.1 Å². The smallest absolute Gasteiger partial charge is 0.298 e. The van der Waals surface area contributed by atoms with Crippen LogP contribution >= 0.6 is 11.6 Å². The predicted octanol–water partition coefficient (Wildman–Crippen LogP) is 5.50. The number of rotatable bonds is 12. The molecular formula is C28H28ClNO6. The Morgan fingerprint density at radius 3 is 2.56 bits per heavy atom. The van der Waals surface area contributed by atoms with Gasteiger partial charge in [0.05, 0.1) is 19.4 Å². The number of benzene rings is 3. The third-order valence-corrected chi connectivity index (χ3v) is 6.78. The zero-order chi connectivity index (χ0) is 25.5. The minimum absolute atomic E-state index is 0.00906. The summed E-state index contributed by atoms with van der Waals surface area (Å²) in [5.41, 5.74) is 2.31. The van der Waals surface area contributed by atoms with Crippen LogP contribution in [0.3, 0.4) is 0 Å². The van der Waals surface area contributed by atoms with Crippen LogP contribution in [0.4, 0.5) is 5.69 Å². The van der Waals surface area contributed by atoms with Crippen molar-refractivity contribution in [1.29, 1.82) is 0 Å². The minimum Gasteiger partial charge on any atom is -0.493 e. The van der Waals surface area contributed by atoms with Crippen LogP contribution in [0.15, 0.2) is 48.5 Å². The highest BCUT2D eigenvalue weighted by atomic mass is 35.5. The summed E-state index contributed by atoms with van der Waals surface area (Å²) >= 11 is 6.29. The number of anilines is 1. The number of carbonyl (C=O) groups is 3. The lowest BCUT2D eigenvalue weighted by atomic mass is 9.95. The maximum absolute atomic E-state index is 13.2. The average molecular weight is 510 g/mol. The van der Waals surface area contributed by atoms with Crippen molar-refractivity contribution in [1.82, 2.24) is 0 Å². The van der Waals surface area contributed by atoms with Gasteiger partial charge in [0.2, 0.25) is 5.91 Å². The summed E-state index contributed by atoms with van der Waals surface area (Å²) in [5, 5.41) is 1.77. The number of unbranched alkanes of at least 4 members (excludes halogenated alkanes) is 2. The average Bonchev–Trinajstić information content (AvgIpc) is 3.29. The molecule has 3 aromatic carbocycles. The Kier molecular flexibility index (Phi) is 8.44. The van der Waals surface area contributed by atoms with E-state index in [1.54, 1.807) is 29.2 Å². The lowest BCUT2D eigenvalue weighted by Gasteiger charge is -2.19. The Bertz CT molecular complexity index is 1260. The van der Waals surface area contributed by atoms with Crippen LogP contribution in [0.25, 0.3) is 10.8 Å². The first kappa shape index (κ1) is 25.5. The van der Waals surface area contributed by atoms with Crippen molar-refractivity contribution in [3.8, 4) is 17.2 Å². The highest BCUT2D eigenvalue weighted by molar-refractivity contribution is 6.19. The molecule has 0 aliphatic carbocycles. The van der Waals surface area contributed by atoms with Crippen LogP contribution in [-0.4, -0.2) is 44.8 Å². The molecule has 0 spiro atoms. The summed E-state index contributed by atoms with van der Waals surface area (Å²) in [6.07, 6.45) is 3.45. The molecule has 1 heterocycles. The molecule has 36 heavy (non-hydrogen) atoms. The molecule has 0 unspecified atom stereocenters. The van der Waals surface area contributed by atoms with Crippen LogP contribution in [0.1, 0.15) is 47.5 Å². The van der Waals surface area contributed by atoms with Crippen molar-refractivity contribution in [2.24, 2.45) is 0 Å². The van der Waals surface area contributed by atoms with Crippen LogP contribution in [0.2, 0.25) is 0 Å². The molecule has 188 valence electrons. The molecule has 1 atom stereocenters. The fraction of sp³-hybridized carbons (Fsp3) is 0.321. The van der Waals surface area contributed by atoms with E-state index in [2.05, 4.69) is 0 Å². The van der Waals surface area contributed by atoms with E-state index in [0.717, 1.165) is 41.2 Å². The van der Waals surface area contributed by atoms with E-state index in [4.69, 9.17) is 25.8 Å². The third-order valence-electron chi connectivity index (χ3n) is 6.41. The van der Waals surface area contributed by atoms with Gasteiger partial charge in [0.15, 0.2) is 11.5 Å². The fourth-order valence-electron chi connectivity index (χ4n) is 4.67. The number of nitrogens with zero attached hydrogens (tertiary/aromatic N) is 1. The number of fused-ring (bicyclic) bond motifs is 3. The van der Waals surface area contributed by atoms with E-state index in [1.165, 1.54) is 7.11 Å². The van der Waals surface area contributed by atoms with Crippen LogP contribution < -0.4 is 19.1 Å². The van der Waals surface area contributed by atoms with Gasteiger partial charge in [-0.05, 0) is 48.4 Å². The van der Waals surface area contributed by atoms with Gasteiger partial charge in [-0.15, -0.1) is 11.6 Å². The number of amides is 1. The predicted molar refractivity (Wildman–Crippen MR) is 139 cm³/mol. The van der Waals surface area contributed by atoms with Gasteiger partial charge in [-0.2, -0.15) is 0 Å². The standard InChI is InChI=1S/C28H28ClNO6/c1-34-26-13-19(17-31)10-11-24(26)35-12-6-2-3-9-27(33)30-16-20(15-29)28-22-8-5-4-7-21(22)25(36-18-32)14-23(28)30/h4-5,7-8,10-11,13-14,17-18,20H,2-3,6,9,12,15-16H2,1H3/t20-/m1/s1. The molecule has 1 amide bonds. The Hall–Kier alpha value is -3.58. The molecule has 0 N–H and O–H groups in total. The number of hydrogen-bond acceptors (Lipinski definition) is 6. The highest BCUT2D eigenvalue weighted by Gasteiger charge is 2.34. The number of alkyl halides is 1. The summed E-state index contributed by atoms with van der Waals surface area (Å²) in [7, 11) is 1.53. The second kappa shape index (κ2) is 11.9. The maximum atomic E-state index is 13.2. The number of ether oxygens (including phenoxy) is 3. The summed E-state index contributed by atoms with van der Waals surface area (Å²) in [6, 6.07) is 14.5. The van der Waals surface area contributed by atoms with Crippen molar-refractivity contribution in [3.63, 3.8) is 0 Å². The molecule has 3 aromatic rings. The lowest BCUT2D eigenvalue weighted by Crippen LogP contribution is -2.29. The van der Waals surface area contributed by atoms with Gasteiger partial charge in [0, 0.05) is 41.8 Å². The SMILES string of the molecule is COc1cc(C=O)ccc1OCCCCCC(=O)N1C[C@@H](CCl)c2c1cc(OC=O)c1ccccc21. The Labute approximate surface area is 214 Å². The largest absolute Gasteiger partial charge is 0.493 e. The van der Waals surface area contributed by atoms with Crippen LogP contribution in [-0.2, 0) is 9.59 Å². The van der Waals surface area contributed by atoms with Crippen molar-refractivity contribution in [3.05, 3.63) is 59.7 Å². The normalized spacial score (nSPS) is 14.4. The highest BCUT2D eigenvalue weighted by Crippen LogP contribution is 2.45. The molecule has 1 aliphatic rings. The first-order valence-electron chi connectivity index (χ1n) is 11.9. The monoisotopic (exact) mass is 509 g/mol. The van der Waals surface area contributed by atoms with E-state index in [-0.39, 0.29) is 11.8 Å². The zero-order valence-electron chi connectivity index (χ0n) is 20.1. The van der Waals surface area contributed by atoms with Gasteiger partial charge in [-0.1, -0.05) is 24.3 Å².